The third kappa shape index (κ3) is 3.22. The molecule has 20 heavy (non-hydrogen) atoms. The zero-order valence-corrected chi connectivity index (χ0v) is 12.0. The first-order valence-electron chi connectivity index (χ1n) is 7.42. The van der Waals surface area contributed by atoms with Gasteiger partial charge in [0.1, 0.15) is 6.61 Å². The maximum atomic E-state index is 5.47. The van der Waals surface area contributed by atoms with Gasteiger partial charge in [-0.05, 0) is 31.4 Å². The van der Waals surface area contributed by atoms with E-state index in [9.17, 15) is 0 Å². The first-order chi connectivity index (χ1) is 9.85. The molecule has 2 aliphatic rings. The molecule has 1 aromatic heterocycles. The molecule has 2 saturated heterocycles. The average Bonchev–Trinajstić information content (AvgIpc) is 2.87. The van der Waals surface area contributed by atoms with Gasteiger partial charge in [0, 0.05) is 32.3 Å². The normalized spacial score (nSPS) is 28.4. The van der Waals surface area contributed by atoms with Crippen LogP contribution in [0, 0.1) is 5.92 Å². The number of nitrogens with zero attached hydrogens (tertiary/aromatic N) is 2. The molecular weight excluding hydrogens is 254 g/mol. The van der Waals surface area contributed by atoms with E-state index in [1.807, 2.05) is 12.3 Å². The van der Waals surface area contributed by atoms with Gasteiger partial charge in [0.15, 0.2) is 0 Å². The highest BCUT2D eigenvalue weighted by atomic mass is 16.5. The Kier molecular flexibility index (Phi) is 4.38. The Hall–Kier alpha value is -1.33. The highest BCUT2D eigenvalue weighted by Gasteiger charge is 2.33. The molecular formula is C15H23N3O2. The topological polar surface area (TPSA) is 46.6 Å². The molecule has 0 aromatic carbocycles. The summed E-state index contributed by atoms with van der Waals surface area (Å²) >= 11 is 0. The standard InChI is InChI=1S/C15H23N3O2/c1-19-8-9-20-15-3-2-13(10-16-15)17-14-5-7-18-6-4-12(14)11-18/h2-3,10,12,14,17H,4-9,11H2,1H3. The van der Waals surface area contributed by atoms with Crippen molar-refractivity contribution in [3.05, 3.63) is 18.3 Å². The van der Waals surface area contributed by atoms with E-state index in [2.05, 4.69) is 21.3 Å². The lowest BCUT2D eigenvalue weighted by molar-refractivity contribution is 0.144. The predicted molar refractivity (Wildman–Crippen MR) is 78.2 cm³/mol. The molecule has 0 radical (unpaired) electrons. The molecule has 3 heterocycles. The van der Waals surface area contributed by atoms with Crippen LogP contribution in [0.2, 0.25) is 0 Å². The van der Waals surface area contributed by atoms with Crippen molar-refractivity contribution in [1.29, 1.82) is 0 Å². The lowest BCUT2D eigenvalue weighted by Gasteiger charge is -2.31. The lowest BCUT2D eigenvalue weighted by Crippen LogP contribution is -2.39. The summed E-state index contributed by atoms with van der Waals surface area (Å²) in [5, 5.41) is 3.63. The van der Waals surface area contributed by atoms with Crippen molar-refractivity contribution in [2.75, 3.05) is 45.3 Å². The monoisotopic (exact) mass is 277 g/mol. The molecule has 5 nitrogen and oxygen atoms in total. The van der Waals surface area contributed by atoms with Crippen molar-refractivity contribution >= 4 is 5.69 Å². The molecule has 0 aliphatic carbocycles. The SMILES string of the molecule is COCCOc1ccc(NC2CCN3CCC2C3)cn1. The number of nitrogens with one attached hydrogen (secondary N) is 1. The second-order valence-corrected chi connectivity index (χ2v) is 5.62. The van der Waals surface area contributed by atoms with Gasteiger partial charge < -0.3 is 19.7 Å². The first kappa shape index (κ1) is 13.6. The fraction of sp³-hybridized carbons (Fsp3) is 0.667. The summed E-state index contributed by atoms with van der Waals surface area (Å²) in [5.41, 5.74) is 1.09. The largest absolute Gasteiger partial charge is 0.475 e. The summed E-state index contributed by atoms with van der Waals surface area (Å²) < 4.78 is 10.4. The highest BCUT2D eigenvalue weighted by Crippen LogP contribution is 2.29. The van der Waals surface area contributed by atoms with Gasteiger partial charge in [-0.25, -0.2) is 4.98 Å². The van der Waals surface area contributed by atoms with E-state index in [0.717, 1.165) is 11.6 Å². The number of fused-ring (bicyclic) bond motifs is 2. The van der Waals surface area contributed by atoms with Crippen molar-refractivity contribution in [2.24, 2.45) is 5.92 Å². The predicted octanol–water partition coefficient (Wildman–Crippen LogP) is 1.61. The summed E-state index contributed by atoms with van der Waals surface area (Å²) in [7, 11) is 1.66. The number of pyridine rings is 1. The van der Waals surface area contributed by atoms with Crippen molar-refractivity contribution in [2.45, 2.75) is 18.9 Å². The maximum absolute atomic E-state index is 5.47. The van der Waals surface area contributed by atoms with Crippen LogP contribution in [0.15, 0.2) is 18.3 Å². The minimum Gasteiger partial charge on any atom is -0.475 e. The molecule has 2 aliphatic heterocycles. The number of methoxy groups -OCH3 is 1. The summed E-state index contributed by atoms with van der Waals surface area (Å²) in [6, 6.07) is 4.56. The molecule has 1 aromatic rings. The Morgan fingerprint density at radius 1 is 1.30 bits per heavy atom. The molecule has 3 unspecified atom stereocenters. The minimum absolute atomic E-state index is 0.539. The Balaban J connectivity index is 1.52. The molecule has 3 rings (SSSR count). The van der Waals surface area contributed by atoms with E-state index >= 15 is 0 Å². The molecule has 0 spiro atoms. The number of ether oxygens (including phenoxy) is 2. The van der Waals surface area contributed by atoms with Crippen molar-refractivity contribution in [3.63, 3.8) is 0 Å². The Morgan fingerprint density at radius 3 is 3.00 bits per heavy atom. The van der Waals surface area contributed by atoms with Crippen LogP contribution in [0.25, 0.3) is 0 Å². The third-order valence-corrected chi connectivity index (χ3v) is 4.26. The van der Waals surface area contributed by atoms with Crippen molar-refractivity contribution in [3.8, 4) is 5.88 Å². The maximum Gasteiger partial charge on any atom is 0.213 e. The Labute approximate surface area is 120 Å². The molecule has 1 N–H and O–H groups in total. The Bertz CT molecular complexity index is 424. The minimum atomic E-state index is 0.539. The van der Waals surface area contributed by atoms with Crippen LogP contribution in [0.3, 0.4) is 0 Å². The number of aromatic nitrogens is 1. The number of anilines is 1. The molecule has 5 heteroatoms. The van der Waals surface area contributed by atoms with E-state index in [4.69, 9.17) is 9.47 Å². The van der Waals surface area contributed by atoms with Crippen molar-refractivity contribution < 1.29 is 9.47 Å². The van der Waals surface area contributed by atoms with Gasteiger partial charge in [0.2, 0.25) is 5.88 Å². The second-order valence-electron chi connectivity index (χ2n) is 5.62. The van der Waals surface area contributed by atoms with E-state index in [0.29, 0.717) is 25.1 Å². The van der Waals surface area contributed by atoms with Gasteiger partial charge in [-0.3, -0.25) is 0 Å². The van der Waals surface area contributed by atoms with E-state index in [1.165, 1.54) is 32.5 Å². The van der Waals surface area contributed by atoms with Gasteiger partial charge in [-0.1, -0.05) is 0 Å². The average molecular weight is 277 g/mol. The number of hydrogen-bond donors (Lipinski definition) is 1. The Morgan fingerprint density at radius 2 is 2.20 bits per heavy atom. The molecule has 0 amide bonds. The van der Waals surface area contributed by atoms with Gasteiger partial charge in [0.25, 0.3) is 0 Å². The fourth-order valence-electron chi connectivity index (χ4n) is 3.14. The van der Waals surface area contributed by atoms with Gasteiger partial charge in [-0.15, -0.1) is 0 Å². The molecule has 2 fully saturated rings. The summed E-state index contributed by atoms with van der Waals surface area (Å²) in [5.74, 6) is 1.45. The molecule has 0 saturated carbocycles. The quantitative estimate of drug-likeness (QED) is 0.801. The zero-order valence-electron chi connectivity index (χ0n) is 12.0. The summed E-state index contributed by atoms with van der Waals surface area (Å²) in [4.78, 5) is 6.89. The number of hydrogen-bond acceptors (Lipinski definition) is 5. The fourth-order valence-corrected chi connectivity index (χ4v) is 3.14. The van der Waals surface area contributed by atoms with Crippen LogP contribution < -0.4 is 10.1 Å². The lowest BCUT2D eigenvalue weighted by atomic mass is 9.94. The van der Waals surface area contributed by atoms with Crippen LogP contribution in [0.1, 0.15) is 12.8 Å². The molecule has 3 atom stereocenters. The molecule has 2 bridgehead atoms. The van der Waals surface area contributed by atoms with Crippen LogP contribution in [-0.4, -0.2) is 55.9 Å². The number of rotatable bonds is 6. The van der Waals surface area contributed by atoms with Gasteiger partial charge >= 0.3 is 0 Å². The highest BCUT2D eigenvalue weighted by molar-refractivity contribution is 5.43. The summed E-state index contributed by atoms with van der Waals surface area (Å²) in [6.07, 6.45) is 4.42. The van der Waals surface area contributed by atoms with E-state index < -0.39 is 0 Å². The van der Waals surface area contributed by atoms with Crippen LogP contribution in [-0.2, 0) is 4.74 Å². The third-order valence-electron chi connectivity index (χ3n) is 4.26. The summed E-state index contributed by atoms with van der Waals surface area (Å²) in [6.45, 7) is 4.87. The van der Waals surface area contributed by atoms with Crippen molar-refractivity contribution in [1.82, 2.24) is 9.88 Å². The smallest absolute Gasteiger partial charge is 0.213 e. The zero-order chi connectivity index (χ0) is 13.8. The first-order valence-corrected chi connectivity index (χ1v) is 7.42. The number of piperidine rings is 1. The van der Waals surface area contributed by atoms with E-state index in [-0.39, 0.29) is 0 Å². The van der Waals surface area contributed by atoms with Gasteiger partial charge in [0.05, 0.1) is 18.5 Å². The van der Waals surface area contributed by atoms with E-state index in [1.54, 1.807) is 7.11 Å². The molecule has 110 valence electrons. The van der Waals surface area contributed by atoms with Crippen LogP contribution in [0.4, 0.5) is 5.69 Å². The van der Waals surface area contributed by atoms with Crippen LogP contribution in [0.5, 0.6) is 5.88 Å². The second kappa shape index (κ2) is 6.41. The van der Waals surface area contributed by atoms with Crippen LogP contribution >= 0.6 is 0 Å². The van der Waals surface area contributed by atoms with Gasteiger partial charge in [-0.2, -0.15) is 0 Å².